The number of rotatable bonds is 41. The summed E-state index contributed by atoms with van der Waals surface area (Å²) in [5.74, 6) is -2.39. The first-order chi connectivity index (χ1) is 27.1. The van der Waals surface area contributed by atoms with Gasteiger partial charge in [-0.15, -0.1) is 0 Å². The van der Waals surface area contributed by atoms with Crippen molar-refractivity contribution in [3.05, 3.63) is 36.5 Å². The van der Waals surface area contributed by atoms with Gasteiger partial charge < -0.3 is 25.2 Å². The van der Waals surface area contributed by atoms with E-state index in [2.05, 4.69) is 54.8 Å². The van der Waals surface area contributed by atoms with Crippen LogP contribution in [-0.2, 0) is 37.5 Å². The number of phosphoric ester groups is 1. The number of carbonyl (C=O) groups is 3. The van der Waals surface area contributed by atoms with Crippen molar-refractivity contribution < 1.29 is 47.5 Å². The van der Waals surface area contributed by atoms with Gasteiger partial charge in [-0.2, -0.15) is 0 Å². The van der Waals surface area contributed by atoms with E-state index in [1.165, 1.54) is 89.9 Å². The van der Waals surface area contributed by atoms with Gasteiger partial charge in [-0.1, -0.05) is 147 Å². The molecule has 0 saturated carbocycles. The number of unbranched alkanes of at least 4 members (excludes halogenated alkanes) is 21. The molecule has 0 aromatic heterocycles. The number of allylic oxidation sites excluding steroid dienone is 6. The third-order valence-corrected chi connectivity index (χ3v) is 10.3. The van der Waals surface area contributed by atoms with Crippen molar-refractivity contribution in [1.82, 2.24) is 0 Å². The Labute approximate surface area is 340 Å². The first kappa shape index (κ1) is 53.7. The molecular weight excluding hydrogens is 733 g/mol. The van der Waals surface area contributed by atoms with Crippen molar-refractivity contribution in [3.8, 4) is 0 Å². The Kier molecular flexibility index (Phi) is 37.9. The fraction of sp³-hybridized carbons (Fsp3) is 0.795. The largest absolute Gasteiger partial charge is 0.480 e. The topological polar surface area (TPSA) is 172 Å². The summed E-state index contributed by atoms with van der Waals surface area (Å²) in [6, 6.07) is -1.52. The lowest BCUT2D eigenvalue weighted by Gasteiger charge is -2.20. The Balaban J connectivity index is 4.36. The highest BCUT2D eigenvalue weighted by Crippen LogP contribution is 2.43. The molecule has 0 fully saturated rings. The first-order valence-corrected chi connectivity index (χ1v) is 23.5. The number of carboxylic acids is 1. The SMILES string of the molecule is CCCCC/C=C\C/C=C\CCCCCCCCCC(=O)OC[C@H](COP(=O)(O)OC[C@H](N)C(=O)O)OC(=O)CCCCCCCCC/C=C\CCCCCC. The molecule has 0 aliphatic carbocycles. The summed E-state index contributed by atoms with van der Waals surface area (Å²) >= 11 is 0. The zero-order valence-electron chi connectivity index (χ0n) is 35.2. The van der Waals surface area contributed by atoms with E-state index in [4.69, 9.17) is 24.8 Å². The van der Waals surface area contributed by atoms with E-state index in [0.29, 0.717) is 12.8 Å². The molecule has 0 bridgehead atoms. The average molecular weight is 814 g/mol. The second kappa shape index (κ2) is 39.5. The predicted octanol–water partition coefficient (Wildman–Crippen LogP) is 11.6. The molecule has 0 rings (SSSR count). The number of hydrogen-bond acceptors (Lipinski definition) is 9. The van der Waals surface area contributed by atoms with Gasteiger partial charge in [-0.3, -0.25) is 23.4 Å². The van der Waals surface area contributed by atoms with E-state index < -0.39 is 51.1 Å². The zero-order chi connectivity index (χ0) is 41.4. The molecule has 4 N–H and O–H groups in total. The highest BCUT2D eigenvalue weighted by Gasteiger charge is 2.28. The normalized spacial score (nSPS) is 14.1. The molecule has 0 heterocycles. The molecule has 0 aromatic rings. The van der Waals surface area contributed by atoms with Gasteiger partial charge in [0.1, 0.15) is 12.6 Å². The molecule has 3 atom stereocenters. The molecule has 11 nitrogen and oxygen atoms in total. The van der Waals surface area contributed by atoms with E-state index in [-0.39, 0.29) is 19.4 Å². The van der Waals surface area contributed by atoms with Crippen LogP contribution < -0.4 is 5.73 Å². The molecule has 0 aliphatic rings. The van der Waals surface area contributed by atoms with Gasteiger partial charge in [0.15, 0.2) is 6.10 Å². The quantitative estimate of drug-likeness (QED) is 0.0232. The Hall–Kier alpha value is -2.30. The van der Waals surface area contributed by atoms with Crippen LogP contribution in [0, 0.1) is 0 Å². The van der Waals surface area contributed by atoms with Gasteiger partial charge >= 0.3 is 25.7 Å². The van der Waals surface area contributed by atoms with Gasteiger partial charge in [0.25, 0.3) is 0 Å². The maximum absolute atomic E-state index is 12.6. The lowest BCUT2D eigenvalue weighted by Crippen LogP contribution is -2.34. The van der Waals surface area contributed by atoms with Gasteiger partial charge in [-0.25, -0.2) is 4.57 Å². The number of nitrogens with two attached hydrogens (primary N) is 1. The summed E-state index contributed by atoms with van der Waals surface area (Å²) in [5.41, 5.74) is 5.33. The number of hydrogen-bond donors (Lipinski definition) is 3. The van der Waals surface area contributed by atoms with Gasteiger partial charge in [0.05, 0.1) is 13.2 Å². The lowest BCUT2D eigenvalue weighted by molar-refractivity contribution is -0.161. The molecule has 326 valence electrons. The molecule has 0 spiro atoms. The lowest BCUT2D eigenvalue weighted by atomic mass is 10.1. The molecule has 0 aliphatic heterocycles. The Morgan fingerprint density at radius 3 is 1.45 bits per heavy atom. The zero-order valence-corrected chi connectivity index (χ0v) is 36.1. The van der Waals surface area contributed by atoms with Crippen LogP contribution in [0.5, 0.6) is 0 Å². The van der Waals surface area contributed by atoms with Crippen molar-refractivity contribution in [2.24, 2.45) is 5.73 Å². The number of carboxylic acid groups (broad SMARTS) is 1. The maximum atomic E-state index is 12.6. The van der Waals surface area contributed by atoms with Gasteiger partial charge in [-0.05, 0) is 70.6 Å². The van der Waals surface area contributed by atoms with E-state index in [0.717, 1.165) is 64.2 Å². The minimum Gasteiger partial charge on any atom is -0.480 e. The van der Waals surface area contributed by atoms with E-state index in [1.807, 2.05) is 0 Å². The molecule has 0 aromatic carbocycles. The van der Waals surface area contributed by atoms with Crippen LogP contribution in [0.3, 0.4) is 0 Å². The fourth-order valence-electron chi connectivity index (χ4n) is 5.85. The number of esters is 2. The van der Waals surface area contributed by atoms with Crippen molar-refractivity contribution >= 4 is 25.7 Å². The summed E-state index contributed by atoms with van der Waals surface area (Å²) in [4.78, 5) is 46.0. The van der Waals surface area contributed by atoms with Crippen LogP contribution in [0.1, 0.15) is 194 Å². The van der Waals surface area contributed by atoms with Gasteiger partial charge in [0, 0.05) is 12.8 Å². The summed E-state index contributed by atoms with van der Waals surface area (Å²) in [6.45, 7) is 2.76. The van der Waals surface area contributed by atoms with Crippen molar-refractivity contribution in [2.75, 3.05) is 19.8 Å². The van der Waals surface area contributed by atoms with Crippen LogP contribution >= 0.6 is 7.82 Å². The van der Waals surface area contributed by atoms with Crippen molar-refractivity contribution in [1.29, 1.82) is 0 Å². The van der Waals surface area contributed by atoms with Crippen LogP contribution in [-0.4, -0.2) is 59.9 Å². The molecule has 0 radical (unpaired) electrons. The molecule has 1 unspecified atom stereocenters. The van der Waals surface area contributed by atoms with E-state index in [1.54, 1.807) is 0 Å². The summed E-state index contributed by atoms with van der Waals surface area (Å²) in [6.07, 6.45) is 42.0. The number of ether oxygens (including phenoxy) is 2. The summed E-state index contributed by atoms with van der Waals surface area (Å²) in [5, 5.41) is 8.89. The highest BCUT2D eigenvalue weighted by molar-refractivity contribution is 7.47. The van der Waals surface area contributed by atoms with Crippen LogP contribution in [0.25, 0.3) is 0 Å². The van der Waals surface area contributed by atoms with Crippen LogP contribution in [0.15, 0.2) is 36.5 Å². The third kappa shape index (κ3) is 38.6. The average Bonchev–Trinajstić information content (AvgIpc) is 3.17. The predicted molar refractivity (Wildman–Crippen MR) is 226 cm³/mol. The molecule has 12 heteroatoms. The van der Waals surface area contributed by atoms with Crippen molar-refractivity contribution in [3.63, 3.8) is 0 Å². The minimum absolute atomic E-state index is 0.155. The number of aliphatic carboxylic acids is 1. The first-order valence-electron chi connectivity index (χ1n) is 22.0. The fourth-order valence-corrected chi connectivity index (χ4v) is 6.63. The molecular formula is C44H80NO10P. The summed E-state index contributed by atoms with van der Waals surface area (Å²) < 4.78 is 32.7. The summed E-state index contributed by atoms with van der Waals surface area (Å²) in [7, 11) is -4.72. The minimum atomic E-state index is -4.72. The smallest absolute Gasteiger partial charge is 0.472 e. The molecule has 56 heavy (non-hydrogen) atoms. The van der Waals surface area contributed by atoms with E-state index in [9.17, 15) is 23.8 Å². The Morgan fingerprint density at radius 2 is 0.946 bits per heavy atom. The van der Waals surface area contributed by atoms with Gasteiger partial charge in [0.2, 0.25) is 0 Å². The molecule has 0 saturated heterocycles. The monoisotopic (exact) mass is 814 g/mol. The molecule has 0 amide bonds. The standard InChI is InChI=1S/C44H80NO10P/c1-3-5-7-9-11-13-15-17-19-20-22-23-25-27-29-31-33-35-42(46)52-37-40(38-53-56(50,51)54-39-41(45)44(48)49)55-43(47)36-34-32-30-28-26-24-21-18-16-14-12-10-8-6-4-2/h11,13-14,16-17,19,40-41H,3-10,12,15,18,20-39,45H2,1-2H3,(H,48,49)(H,50,51)/b13-11-,16-14-,19-17-/t40-,41+/m1/s1. The van der Waals surface area contributed by atoms with E-state index >= 15 is 0 Å². The van der Waals surface area contributed by atoms with Crippen LogP contribution in [0.2, 0.25) is 0 Å². The number of carbonyl (C=O) groups excluding carboxylic acids is 2. The Morgan fingerprint density at radius 1 is 0.554 bits per heavy atom. The maximum Gasteiger partial charge on any atom is 0.472 e. The second-order valence-corrected chi connectivity index (χ2v) is 16.3. The second-order valence-electron chi connectivity index (χ2n) is 14.8. The van der Waals surface area contributed by atoms with Crippen molar-refractivity contribution in [2.45, 2.75) is 206 Å². The Bertz CT molecular complexity index is 1100. The van der Waals surface area contributed by atoms with Crippen LogP contribution in [0.4, 0.5) is 0 Å². The number of phosphoric acid groups is 1. The highest BCUT2D eigenvalue weighted by atomic mass is 31.2. The third-order valence-electron chi connectivity index (χ3n) is 9.36.